The lowest BCUT2D eigenvalue weighted by Crippen LogP contribution is -2.53. The molecule has 12 heteroatoms. The largest absolute Gasteiger partial charge is 0.382 e. The second kappa shape index (κ2) is 16.4. The molecular formula is C24H39N5O7. The Hall–Kier alpha value is -3.30. The number of methoxy groups -OCH3 is 1. The van der Waals surface area contributed by atoms with Gasteiger partial charge in [-0.3, -0.25) is 19.2 Å². The Bertz CT molecular complexity index is 903. The molecule has 12 nitrogen and oxygen atoms in total. The van der Waals surface area contributed by atoms with Crippen molar-refractivity contribution >= 4 is 23.5 Å². The summed E-state index contributed by atoms with van der Waals surface area (Å²) in [5.74, 6) is -1.31. The van der Waals surface area contributed by atoms with Crippen LogP contribution in [0.15, 0.2) is 10.6 Å². The Morgan fingerprint density at radius 2 is 1.81 bits per heavy atom. The standard InChI is InChI=1S/C20H30N4O7.C2H3N.C2H6/c1-11(2)6-13(17(26)20(4)10-30-20)22-16(25)8-21-18(27)15(9-29-5)23-19(28)14-7-12(3)31-24-14;1-2-3;1-2/h7,11,13,15H,6,8-10H2,1-5H3,(H,21,27)(H,22,25)(H,23,28);1H3;1-2H3/t13-,15-,20?;;/m0../s1. The fourth-order valence-electron chi connectivity index (χ4n) is 2.91. The van der Waals surface area contributed by atoms with Gasteiger partial charge in [-0.1, -0.05) is 32.9 Å². The van der Waals surface area contributed by atoms with Gasteiger partial charge in [0.2, 0.25) is 11.8 Å². The molecule has 0 radical (unpaired) electrons. The third kappa shape index (κ3) is 11.4. The molecule has 2 heterocycles. The average molecular weight is 510 g/mol. The van der Waals surface area contributed by atoms with Crippen LogP contribution in [0.2, 0.25) is 0 Å². The van der Waals surface area contributed by atoms with Gasteiger partial charge in [-0.25, -0.2) is 0 Å². The number of aromatic nitrogens is 1. The normalized spacial score (nSPS) is 17.1. The molecule has 0 spiro atoms. The van der Waals surface area contributed by atoms with Crippen molar-refractivity contribution < 1.29 is 33.2 Å². The van der Waals surface area contributed by atoms with Crippen molar-refractivity contribution in [2.45, 2.75) is 72.6 Å². The zero-order valence-corrected chi connectivity index (χ0v) is 22.4. The van der Waals surface area contributed by atoms with Gasteiger partial charge in [0.25, 0.3) is 5.91 Å². The summed E-state index contributed by atoms with van der Waals surface area (Å²) in [6.07, 6.45) is 0.455. The lowest BCUT2D eigenvalue weighted by atomic mass is 9.93. The fourth-order valence-corrected chi connectivity index (χ4v) is 2.91. The lowest BCUT2D eigenvalue weighted by Gasteiger charge is -2.22. The molecule has 1 aliphatic rings. The first-order valence-electron chi connectivity index (χ1n) is 11.8. The molecule has 3 atom stereocenters. The minimum atomic E-state index is -1.05. The predicted molar refractivity (Wildman–Crippen MR) is 131 cm³/mol. The SMILES string of the molecule is CC.CC#N.COC[C@H](NC(=O)c1cc(C)on1)C(=O)NCC(=O)N[C@@H](CC(C)C)C(=O)C1(C)CO1. The zero-order valence-electron chi connectivity index (χ0n) is 22.4. The van der Waals surface area contributed by atoms with E-state index in [-0.39, 0.29) is 30.5 Å². The Kier molecular flexibility index (Phi) is 14.9. The summed E-state index contributed by atoms with van der Waals surface area (Å²) in [6.45, 7) is 12.5. The molecular weight excluding hydrogens is 470 g/mol. The van der Waals surface area contributed by atoms with Crippen LogP contribution in [-0.4, -0.2) is 73.2 Å². The van der Waals surface area contributed by atoms with Crippen molar-refractivity contribution in [3.05, 3.63) is 17.5 Å². The monoisotopic (exact) mass is 509 g/mol. The van der Waals surface area contributed by atoms with Crippen LogP contribution >= 0.6 is 0 Å². The van der Waals surface area contributed by atoms with Crippen molar-refractivity contribution in [1.82, 2.24) is 21.1 Å². The molecule has 1 unspecified atom stereocenters. The van der Waals surface area contributed by atoms with Gasteiger partial charge in [0.15, 0.2) is 11.5 Å². The summed E-state index contributed by atoms with van der Waals surface area (Å²) >= 11 is 0. The number of nitriles is 1. The highest BCUT2D eigenvalue weighted by atomic mass is 16.6. The van der Waals surface area contributed by atoms with Gasteiger partial charge >= 0.3 is 0 Å². The maximum absolute atomic E-state index is 12.6. The first-order chi connectivity index (χ1) is 17.0. The van der Waals surface area contributed by atoms with Gasteiger partial charge in [0.05, 0.1) is 31.9 Å². The first kappa shape index (κ1) is 32.7. The number of carbonyl (C=O) groups excluding carboxylic acids is 4. The van der Waals surface area contributed by atoms with Gasteiger partial charge < -0.3 is 29.9 Å². The molecule has 3 N–H and O–H groups in total. The first-order valence-corrected chi connectivity index (χ1v) is 11.8. The van der Waals surface area contributed by atoms with Crippen molar-refractivity contribution in [1.29, 1.82) is 5.26 Å². The highest BCUT2D eigenvalue weighted by Gasteiger charge is 2.50. The molecule has 0 aliphatic carbocycles. The molecule has 0 aromatic carbocycles. The number of ether oxygens (including phenoxy) is 2. The number of nitrogens with zero attached hydrogens (tertiary/aromatic N) is 2. The molecule has 1 saturated heterocycles. The summed E-state index contributed by atoms with van der Waals surface area (Å²) in [5.41, 5.74) is -0.835. The van der Waals surface area contributed by atoms with Crippen LogP contribution in [-0.2, 0) is 23.9 Å². The number of Topliss-reactive ketones (excluding diaryl/α,β-unsaturated/α-hetero) is 1. The number of nitrogens with one attached hydrogen (secondary N) is 3. The molecule has 202 valence electrons. The third-order valence-electron chi connectivity index (χ3n) is 4.70. The summed E-state index contributed by atoms with van der Waals surface area (Å²) in [4.78, 5) is 49.6. The highest BCUT2D eigenvalue weighted by molar-refractivity contribution is 5.98. The summed E-state index contributed by atoms with van der Waals surface area (Å²) < 4.78 is 15.0. The maximum atomic E-state index is 12.6. The molecule has 2 rings (SSSR count). The van der Waals surface area contributed by atoms with Gasteiger partial charge in [-0.05, 0) is 26.2 Å². The van der Waals surface area contributed by atoms with E-state index in [2.05, 4.69) is 21.1 Å². The van der Waals surface area contributed by atoms with Crippen molar-refractivity contribution in [2.24, 2.45) is 5.92 Å². The van der Waals surface area contributed by atoms with E-state index >= 15 is 0 Å². The number of ketones is 1. The van der Waals surface area contributed by atoms with Gasteiger partial charge in [0.1, 0.15) is 17.4 Å². The Morgan fingerprint density at radius 1 is 1.22 bits per heavy atom. The quantitative estimate of drug-likeness (QED) is 0.350. The Balaban J connectivity index is 0.00000227. The average Bonchev–Trinajstić information content (AvgIpc) is 3.43. The van der Waals surface area contributed by atoms with Crippen LogP contribution < -0.4 is 16.0 Å². The number of amides is 3. The van der Waals surface area contributed by atoms with Crippen LogP contribution in [0.5, 0.6) is 0 Å². The smallest absolute Gasteiger partial charge is 0.274 e. The zero-order chi connectivity index (χ0) is 27.9. The van der Waals surface area contributed by atoms with Crippen LogP contribution in [0.3, 0.4) is 0 Å². The van der Waals surface area contributed by atoms with E-state index in [4.69, 9.17) is 19.3 Å². The topological polar surface area (TPSA) is 176 Å². The molecule has 1 aliphatic heterocycles. The number of hydrogen-bond donors (Lipinski definition) is 3. The van der Waals surface area contributed by atoms with Crippen molar-refractivity contribution in [3.8, 4) is 6.07 Å². The van der Waals surface area contributed by atoms with Gasteiger partial charge in [0, 0.05) is 20.1 Å². The maximum Gasteiger partial charge on any atom is 0.274 e. The van der Waals surface area contributed by atoms with Gasteiger partial charge in [-0.2, -0.15) is 5.26 Å². The van der Waals surface area contributed by atoms with Crippen molar-refractivity contribution in [3.63, 3.8) is 0 Å². The molecule has 1 aromatic rings. The number of hydrogen-bond acceptors (Lipinski definition) is 9. The van der Waals surface area contributed by atoms with E-state index in [0.717, 1.165) is 0 Å². The molecule has 3 amide bonds. The second-order valence-corrected chi connectivity index (χ2v) is 8.38. The Labute approximate surface area is 212 Å². The van der Waals surface area contributed by atoms with E-state index in [1.165, 1.54) is 20.1 Å². The number of epoxide rings is 1. The Morgan fingerprint density at radius 3 is 2.25 bits per heavy atom. The summed E-state index contributed by atoms with van der Waals surface area (Å²) in [7, 11) is 1.38. The number of aryl methyl sites for hydroxylation is 1. The highest BCUT2D eigenvalue weighted by Crippen LogP contribution is 2.29. The van der Waals surface area contributed by atoms with E-state index < -0.39 is 35.4 Å². The molecule has 0 bridgehead atoms. The van der Waals surface area contributed by atoms with E-state index in [9.17, 15) is 19.2 Å². The number of rotatable bonds is 12. The van der Waals surface area contributed by atoms with Crippen LogP contribution in [0.1, 0.15) is 64.2 Å². The van der Waals surface area contributed by atoms with Crippen LogP contribution in [0.4, 0.5) is 0 Å². The second-order valence-electron chi connectivity index (χ2n) is 8.38. The number of carbonyl (C=O) groups is 4. The van der Waals surface area contributed by atoms with E-state index in [1.54, 1.807) is 19.9 Å². The third-order valence-corrected chi connectivity index (χ3v) is 4.70. The summed E-state index contributed by atoms with van der Waals surface area (Å²) in [5, 5.41) is 18.5. The van der Waals surface area contributed by atoms with Gasteiger partial charge in [-0.15, -0.1) is 0 Å². The fraction of sp³-hybridized carbons (Fsp3) is 0.667. The van der Waals surface area contributed by atoms with Crippen LogP contribution in [0, 0.1) is 24.2 Å². The minimum absolute atomic E-state index is 0.0231. The predicted octanol–water partition coefficient (Wildman–Crippen LogP) is 1.29. The molecule has 36 heavy (non-hydrogen) atoms. The van der Waals surface area contributed by atoms with Crippen LogP contribution in [0.25, 0.3) is 0 Å². The molecule has 0 saturated carbocycles. The molecule has 1 aromatic heterocycles. The summed E-state index contributed by atoms with van der Waals surface area (Å²) in [6, 6.07) is 1.43. The van der Waals surface area contributed by atoms with E-state index in [1.807, 2.05) is 27.7 Å². The van der Waals surface area contributed by atoms with E-state index in [0.29, 0.717) is 18.8 Å². The lowest BCUT2D eigenvalue weighted by molar-refractivity contribution is -0.131. The molecule has 1 fully saturated rings. The minimum Gasteiger partial charge on any atom is -0.382 e. The van der Waals surface area contributed by atoms with Crippen molar-refractivity contribution in [2.75, 3.05) is 26.9 Å².